The molecule has 0 fully saturated rings. The van der Waals surface area contributed by atoms with Crippen LogP contribution in [0.5, 0.6) is 0 Å². The number of anilines is 2. The van der Waals surface area contributed by atoms with E-state index in [2.05, 4.69) is 52.1 Å². The first-order valence-corrected chi connectivity index (χ1v) is 5.46. The van der Waals surface area contributed by atoms with Gasteiger partial charge in [-0.3, -0.25) is 0 Å². The van der Waals surface area contributed by atoms with Crippen LogP contribution >= 0.6 is 0 Å². The van der Waals surface area contributed by atoms with Gasteiger partial charge < -0.3 is 9.47 Å². The molecular weight excluding hydrogens is 184 g/mol. The van der Waals surface area contributed by atoms with E-state index in [4.69, 9.17) is 0 Å². The van der Waals surface area contributed by atoms with Gasteiger partial charge in [-0.1, -0.05) is 18.2 Å². The Balaban J connectivity index is 1.94. The second-order valence-corrected chi connectivity index (χ2v) is 4.38. The summed E-state index contributed by atoms with van der Waals surface area (Å²) in [5, 5.41) is 0. The molecule has 2 aliphatic heterocycles. The van der Waals surface area contributed by atoms with Crippen molar-refractivity contribution in [3.63, 3.8) is 0 Å². The van der Waals surface area contributed by atoms with Crippen LogP contribution in [0.4, 0.5) is 11.5 Å². The third kappa shape index (κ3) is 0.845. The highest BCUT2D eigenvalue weighted by Crippen LogP contribution is 2.42. The number of rotatable bonds is 0. The molecule has 0 bridgehead atoms. The predicted octanol–water partition coefficient (Wildman–Crippen LogP) is 2.56. The molecule has 0 N–H and O–H groups in total. The average molecular weight is 196 g/mol. The van der Waals surface area contributed by atoms with Gasteiger partial charge in [0.05, 0.1) is 6.04 Å². The molecule has 74 valence electrons. The normalized spacial score (nSPS) is 21.3. The van der Waals surface area contributed by atoms with Crippen LogP contribution < -0.4 is 4.90 Å². The summed E-state index contributed by atoms with van der Waals surface area (Å²) in [5.41, 5.74) is 2.90. The Hall–Kier alpha value is -1.70. The zero-order valence-corrected chi connectivity index (χ0v) is 8.43. The topological polar surface area (TPSA) is 8.17 Å². The van der Waals surface area contributed by atoms with E-state index in [9.17, 15) is 0 Å². The van der Waals surface area contributed by atoms with Crippen molar-refractivity contribution >= 4 is 11.5 Å². The highest BCUT2D eigenvalue weighted by atomic mass is 15.3. The van der Waals surface area contributed by atoms with Crippen LogP contribution in [0.3, 0.4) is 0 Å². The summed E-state index contributed by atoms with van der Waals surface area (Å²) in [4.78, 5) is 2.48. The Morgan fingerprint density at radius 3 is 3.00 bits per heavy atom. The van der Waals surface area contributed by atoms with Gasteiger partial charge in [0.1, 0.15) is 5.82 Å². The fourth-order valence-corrected chi connectivity index (χ4v) is 2.92. The molecule has 1 aromatic carbocycles. The van der Waals surface area contributed by atoms with Crippen molar-refractivity contribution in [1.29, 1.82) is 0 Å². The van der Waals surface area contributed by atoms with Gasteiger partial charge in [0.15, 0.2) is 0 Å². The Morgan fingerprint density at radius 1 is 1.07 bits per heavy atom. The van der Waals surface area contributed by atoms with E-state index in [1.165, 1.54) is 23.5 Å². The van der Waals surface area contributed by atoms with Crippen molar-refractivity contribution in [1.82, 2.24) is 4.57 Å². The van der Waals surface area contributed by atoms with Crippen molar-refractivity contribution in [2.75, 3.05) is 4.90 Å². The van der Waals surface area contributed by atoms with Crippen molar-refractivity contribution in [2.24, 2.45) is 0 Å². The number of nitrogens with zero attached hydrogens (tertiary/aromatic N) is 2. The Labute approximate surface area is 88.8 Å². The highest BCUT2D eigenvalue weighted by Gasteiger charge is 2.36. The van der Waals surface area contributed by atoms with Crippen molar-refractivity contribution in [2.45, 2.75) is 19.0 Å². The van der Waals surface area contributed by atoms with E-state index >= 15 is 0 Å². The minimum absolute atomic E-state index is 0.651. The number of fused-ring (bicyclic) bond motifs is 5. The molecule has 0 amide bonds. The van der Waals surface area contributed by atoms with Crippen LogP contribution in [0.1, 0.15) is 5.56 Å². The fourth-order valence-electron chi connectivity index (χ4n) is 2.92. The first-order chi connectivity index (χ1) is 7.43. The number of hydrogen-bond acceptors (Lipinski definition) is 1. The zero-order valence-electron chi connectivity index (χ0n) is 8.43. The lowest BCUT2D eigenvalue weighted by molar-refractivity contribution is 0.638. The summed E-state index contributed by atoms with van der Waals surface area (Å²) in [5.74, 6) is 1.35. The summed E-state index contributed by atoms with van der Waals surface area (Å²) in [6.07, 6.45) is 3.37. The molecule has 0 saturated heterocycles. The molecule has 4 rings (SSSR count). The first-order valence-electron chi connectivity index (χ1n) is 5.46. The summed E-state index contributed by atoms with van der Waals surface area (Å²) in [6, 6.07) is 13.7. The minimum atomic E-state index is 0.651. The number of benzene rings is 1. The molecule has 0 radical (unpaired) electrons. The fraction of sp³-hybridized carbons (Fsp3) is 0.231. The predicted molar refractivity (Wildman–Crippen MR) is 60.5 cm³/mol. The van der Waals surface area contributed by atoms with Gasteiger partial charge in [-0.05, 0) is 30.2 Å². The Kier molecular flexibility index (Phi) is 1.24. The van der Waals surface area contributed by atoms with Gasteiger partial charge in [0, 0.05) is 18.4 Å². The molecular formula is C13H12N2. The smallest absolute Gasteiger partial charge is 0.113 e. The van der Waals surface area contributed by atoms with Gasteiger partial charge in [-0.15, -0.1) is 0 Å². The van der Waals surface area contributed by atoms with Crippen LogP contribution in [0, 0.1) is 0 Å². The van der Waals surface area contributed by atoms with Crippen LogP contribution in [-0.2, 0) is 13.0 Å². The average Bonchev–Trinajstić information content (AvgIpc) is 2.85. The van der Waals surface area contributed by atoms with E-state index in [-0.39, 0.29) is 0 Å². The summed E-state index contributed by atoms with van der Waals surface area (Å²) >= 11 is 0. The number of para-hydroxylation sites is 1. The van der Waals surface area contributed by atoms with Crippen LogP contribution in [-0.4, -0.2) is 10.6 Å². The molecule has 0 aliphatic carbocycles. The molecule has 2 aliphatic rings. The lowest BCUT2D eigenvalue weighted by Crippen LogP contribution is -2.22. The lowest BCUT2D eigenvalue weighted by atomic mass is 10.1. The van der Waals surface area contributed by atoms with Gasteiger partial charge >= 0.3 is 0 Å². The second-order valence-electron chi connectivity index (χ2n) is 4.38. The third-order valence-electron chi connectivity index (χ3n) is 3.53. The van der Waals surface area contributed by atoms with Gasteiger partial charge in [0.25, 0.3) is 0 Å². The van der Waals surface area contributed by atoms with Crippen molar-refractivity contribution < 1.29 is 0 Å². The SMILES string of the molecule is c1ccc2c(c1)CC1Cn3cccc3N21. The Bertz CT molecular complexity index is 527. The van der Waals surface area contributed by atoms with E-state index in [1.807, 2.05) is 0 Å². The molecule has 1 unspecified atom stereocenters. The Morgan fingerprint density at radius 2 is 2.00 bits per heavy atom. The molecule has 2 nitrogen and oxygen atoms in total. The van der Waals surface area contributed by atoms with E-state index < -0.39 is 0 Å². The number of hydrogen-bond donors (Lipinski definition) is 0. The van der Waals surface area contributed by atoms with Gasteiger partial charge in [-0.2, -0.15) is 0 Å². The number of aromatic nitrogens is 1. The molecule has 3 heterocycles. The van der Waals surface area contributed by atoms with Gasteiger partial charge in [-0.25, -0.2) is 0 Å². The monoisotopic (exact) mass is 196 g/mol. The molecule has 2 aromatic rings. The summed E-state index contributed by atoms with van der Waals surface area (Å²) in [6.45, 7) is 1.14. The minimum Gasteiger partial charge on any atom is -0.332 e. The third-order valence-corrected chi connectivity index (χ3v) is 3.53. The molecule has 1 atom stereocenters. The van der Waals surface area contributed by atoms with Gasteiger partial charge in [0.2, 0.25) is 0 Å². The molecule has 1 aromatic heterocycles. The second kappa shape index (κ2) is 2.45. The van der Waals surface area contributed by atoms with Crippen molar-refractivity contribution in [3.8, 4) is 0 Å². The van der Waals surface area contributed by atoms with Crippen LogP contribution in [0.2, 0.25) is 0 Å². The maximum Gasteiger partial charge on any atom is 0.113 e. The highest BCUT2D eigenvalue weighted by molar-refractivity contribution is 5.71. The summed E-state index contributed by atoms with van der Waals surface area (Å²) in [7, 11) is 0. The molecule has 0 spiro atoms. The summed E-state index contributed by atoms with van der Waals surface area (Å²) < 4.78 is 2.35. The maximum absolute atomic E-state index is 2.48. The molecule has 0 saturated carbocycles. The quantitative estimate of drug-likeness (QED) is 0.628. The van der Waals surface area contributed by atoms with E-state index in [1.54, 1.807) is 0 Å². The van der Waals surface area contributed by atoms with Crippen LogP contribution in [0.15, 0.2) is 42.6 Å². The maximum atomic E-state index is 2.48. The van der Waals surface area contributed by atoms with E-state index in [0.29, 0.717) is 6.04 Å². The molecule has 15 heavy (non-hydrogen) atoms. The first kappa shape index (κ1) is 7.57. The molecule has 2 heteroatoms. The standard InChI is InChI=1S/C13H12N2/c1-2-5-12-10(4-1)8-11-9-14-7-3-6-13(14)15(11)12/h1-7,11H,8-9H2. The largest absolute Gasteiger partial charge is 0.332 e. The van der Waals surface area contributed by atoms with Crippen molar-refractivity contribution in [3.05, 3.63) is 48.2 Å². The zero-order chi connectivity index (χ0) is 9.83. The van der Waals surface area contributed by atoms with E-state index in [0.717, 1.165) is 6.54 Å². The van der Waals surface area contributed by atoms with Crippen LogP contribution in [0.25, 0.3) is 0 Å². The lowest BCUT2D eigenvalue weighted by Gasteiger charge is -2.17.